The number of allylic oxidation sites excluding steroid dienone is 3. The van der Waals surface area contributed by atoms with E-state index in [0.29, 0.717) is 11.3 Å². The van der Waals surface area contributed by atoms with Crippen LogP contribution in [0.2, 0.25) is 0 Å². The minimum absolute atomic E-state index is 0.414. The maximum Gasteiger partial charge on any atom is 0.663 e. The van der Waals surface area contributed by atoms with E-state index in [0.717, 1.165) is 36.7 Å². The standard InChI is InChI=1S/C17H30O7P2/c1-17(2)9-3-4-15-14-7-5-12(10-13(14)6-8-16(15)17)11-23-26(21,22)24-25(18,19)20/h10-11,14-16,18-22H,3-9H2,1-2H3/q+2/b12-11-/t14-,15?,16+/m1/s1. The van der Waals surface area contributed by atoms with E-state index in [1.54, 1.807) is 0 Å². The summed E-state index contributed by atoms with van der Waals surface area (Å²) in [5.41, 5.74) is 2.63. The van der Waals surface area contributed by atoms with E-state index in [-0.39, 0.29) is 0 Å². The van der Waals surface area contributed by atoms with E-state index < -0.39 is 16.3 Å². The molecule has 148 valence electrons. The SMILES string of the molecule is CC1(C)CCCC2[C@@H]3CC/C(=C/O[P+](O)(O)O[P+](O)(O)O)C=C3CC[C@@H]21. The van der Waals surface area contributed by atoms with Gasteiger partial charge in [0.2, 0.25) is 0 Å². The Labute approximate surface area is 155 Å². The van der Waals surface area contributed by atoms with Gasteiger partial charge >= 0.3 is 16.3 Å². The molecular formula is C17H30O7P2+2. The van der Waals surface area contributed by atoms with Gasteiger partial charge in [-0.2, -0.15) is 24.5 Å². The van der Waals surface area contributed by atoms with Crippen molar-refractivity contribution in [3.63, 3.8) is 0 Å². The van der Waals surface area contributed by atoms with E-state index in [1.807, 2.05) is 0 Å². The van der Waals surface area contributed by atoms with Crippen molar-refractivity contribution in [1.82, 2.24) is 0 Å². The minimum atomic E-state index is -4.78. The lowest BCUT2D eigenvalue weighted by Crippen LogP contribution is -2.42. The highest BCUT2D eigenvalue weighted by Crippen LogP contribution is 2.67. The Hall–Kier alpha value is -0.100. The molecule has 0 aromatic rings. The van der Waals surface area contributed by atoms with Crippen molar-refractivity contribution in [3.05, 3.63) is 23.5 Å². The summed E-state index contributed by atoms with van der Waals surface area (Å²) >= 11 is 0. The van der Waals surface area contributed by atoms with Gasteiger partial charge in [0.15, 0.2) is 6.26 Å². The van der Waals surface area contributed by atoms with E-state index in [9.17, 15) is 9.79 Å². The maximum absolute atomic E-state index is 9.53. The molecule has 0 bridgehead atoms. The van der Waals surface area contributed by atoms with Gasteiger partial charge in [0, 0.05) is 0 Å². The molecule has 0 radical (unpaired) electrons. The first-order chi connectivity index (χ1) is 12.0. The molecule has 3 aliphatic rings. The number of fused-ring (bicyclic) bond motifs is 3. The summed E-state index contributed by atoms with van der Waals surface area (Å²) in [5, 5.41) is 0. The molecule has 26 heavy (non-hydrogen) atoms. The first kappa shape index (κ1) is 20.6. The van der Waals surface area contributed by atoms with Crippen molar-refractivity contribution in [2.45, 2.75) is 58.8 Å². The summed E-state index contributed by atoms with van der Waals surface area (Å²) in [5.74, 6) is 2.10. The van der Waals surface area contributed by atoms with Crippen LogP contribution >= 0.6 is 16.3 Å². The first-order valence-electron chi connectivity index (χ1n) is 9.18. The molecule has 2 fully saturated rings. The molecule has 1 unspecified atom stereocenters. The Morgan fingerprint density at radius 1 is 1.08 bits per heavy atom. The van der Waals surface area contributed by atoms with Crippen LogP contribution < -0.4 is 0 Å². The van der Waals surface area contributed by atoms with Gasteiger partial charge < -0.3 is 0 Å². The van der Waals surface area contributed by atoms with E-state index in [1.165, 1.54) is 37.5 Å². The molecule has 9 heteroatoms. The van der Waals surface area contributed by atoms with Crippen molar-refractivity contribution in [1.29, 1.82) is 0 Å². The fourth-order valence-electron chi connectivity index (χ4n) is 5.23. The molecule has 3 rings (SSSR count). The van der Waals surface area contributed by atoms with E-state index >= 15 is 0 Å². The smallest absolute Gasteiger partial charge is 0.266 e. The molecule has 0 amide bonds. The van der Waals surface area contributed by atoms with Gasteiger partial charge in [-0.1, -0.05) is 31.9 Å². The lowest BCUT2D eigenvalue weighted by molar-refractivity contribution is 0.0214. The topological polar surface area (TPSA) is 120 Å². The van der Waals surface area contributed by atoms with E-state index in [2.05, 4.69) is 24.2 Å². The molecule has 3 aliphatic carbocycles. The molecule has 0 heterocycles. The summed E-state index contributed by atoms with van der Waals surface area (Å²) in [7, 11) is -9.29. The predicted molar refractivity (Wildman–Crippen MR) is 99.8 cm³/mol. The zero-order valence-electron chi connectivity index (χ0n) is 15.3. The second-order valence-corrected chi connectivity index (χ2v) is 11.3. The Morgan fingerprint density at radius 3 is 2.50 bits per heavy atom. The van der Waals surface area contributed by atoms with Crippen molar-refractivity contribution in [2.75, 3.05) is 0 Å². The van der Waals surface area contributed by atoms with Gasteiger partial charge in [-0.05, 0) is 67.3 Å². The van der Waals surface area contributed by atoms with Crippen LogP contribution in [0.3, 0.4) is 0 Å². The summed E-state index contributed by atoms with van der Waals surface area (Å²) in [6, 6.07) is 0. The third-order valence-corrected chi connectivity index (χ3v) is 8.40. The maximum atomic E-state index is 9.53. The average Bonchev–Trinajstić information content (AvgIpc) is 2.50. The second-order valence-electron chi connectivity index (χ2n) is 8.44. The molecule has 5 N–H and O–H groups in total. The fraction of sp³-hybridized carbons (Fsp3) is 0.765. The third-order valence-electron chi connectivity index (χ3n) is 6.29. The fourth-order valence-corrected chi connectivity index (χ4v) is 6.80. The zero-order valence-corrected chi connectivity index (χ0v) is 17.1. The molecule has 0 aromatic heterocycles. The number of rotatable bonds is 4. The van der Waals surface area contributed by atoms with Crippen LogP contribution in [0.1, 0.15) is 58.8 Å². The van der Waals surface area contributed by atoms with Crippen LogP contribution in [0.15, 0.2) is 23.5 Å². The van der Waals surface area contributed by atoms with Crippen LogP contribution in [-0.4, -0.2) is 24.5 Å². The highest BCUT2D eigenvalue weighted by Gasteiger charge is 2.58. The molecule has 7 nitrogen and oxygen atoms in total. The van der Waals surface area contributed by atoms with Gasteiger partial charge in [-0.15, -0.1) is 0 Å². The average molecular weight is 408 g/mol. The molecular weight excluding hydrogens is 378 g/mol. The van der Waals surface area contributed by atoms with Crippen molar-refractivity contribution in [2.24, 2.45) is 23.2 Å². The number of hydrogen-bond acceptors (Lipinski definition) is 7. The lowest BCUT2D eigenvalue weighted by atomic mass is 9.53. The van der Waals surface area contributed by atoms with Crippen LogP contribution in [0.25, 0.3) is 0 Å². The van der Waals surface area contributed by atoms with Crippen molar-refractivity contribution in [3.8, 4) is 0 Å². The molecule has 0 saturated heterocycles. The third kappa shape index (κ3) is 4.84. The molecule has 0 aliphatic heterocycles. The largest absolute Gasteiger partial charge is 0.663 e. The van der Waals surface area contributed by atoms with Gasteiger partial charge in [-0.3, -0.25) is 4.52 Å². The molecule has 0 spiro atoms. The highest BCUT2D eigenvalue weighted by molar-refractivity contribution is 7.67. The summed E-state index contributed by atoms with van der Waals surface area (Å²) in [4.78, 5) is 45.4. The Kier molecular flexibility index (Phi) is 5.86. The zero-order chi connectivity index (χ0) is 19.2. The van der Waals surface area contributed by atoms with Gasteiger partial charge in [0.25, 0.3) is 0 Å². The molecule has 2 saturated carbocycles. The van der Waals surface area contributed by atoms with Crippen molar-refractivity contribution >= 4 is 16.3 Å². The van der Waals surface area contributed by atoms with Crippen LogP contribution in [0.5, 0.6) is 0 Å². The monoisotopic (exact) mass is 408 g/mol. The molecule has 0 aromatic carbocycles. The Bertz CT molecular complexity index is 594. The van der Waals surface area contributed by atoms with Crippen LogP contribution in [-0.2, 0) is 8.83 Å². The number of hydrogen-bond donors (Lipinski definition) is 5. The quantitative estimate of drug-likeness (QED) is 0.355. The normalized spacial score (nSPS) is 33.3. The van der Waals surface area contributed by atoms with Gasteiger partial charge in [0.05, 0.1) is 0 Å². The molecule has 3 atom stereocenters. The second kappa shape index (κ2) is 7.38. The summed E-state index contributed by atoms with van der Waals surface area (Å²) in [6.45, 7) is 4.80. The van der Waals surface area contributed by atoms with E-state index in [4.69, 9.17) is 19.2 Å². The Balaban J connectivity index is 1.69. The Morgan fingerprint density at radius 2 is 1.81 bits per heavy atom. The van der Waals surface area contributed by atoms with Gasteiger partial charge in [-0.25, -0.2) is 0 Å². The minimum Gasteiger partial charge on any atom is -0.266 e. The highest BCUT2D eigenvalue weighted by atomic mass is 31.3. The van der Waals surface area contributed by atoms with Crippen LogP contribution in [0.4, 0.5) is 0 Å². The lowest BCUT2D eigenvalue weighted by Gasteiger charge is -2.52. The van der Waals surface area contributed by atoms with Gasteiger partial charge in [0.1, 0.15) is 4.31 Å². The summed E-state index contributed by atoms with van der Waals surface area (Å²) in [6.07, 6.45) is 11.2. The van der Waals surface area contributed by atoms with Crippen molar-refractivity contribution < 1.29 is 33.3 Å². The predicted octanol–water partition coefficient (Wildman–Crippen LogP) is 3.79. The van der Waals surface area contributed by atoms with Crippen LogP contribution in [0, 0.1) is 23.2 Å². The summed E-state index contributed by atoms with van der Waals surface area (Å²) < 4.78 is 8.83. The first-order valence-corrected chi connectivity index (χ1v) is 12.3.